The number of ether oxygens (including phenoxy) is 1. The van der Waals surface area contributed by atoms with Gasteiger partial charge in [0.2, 0.25) is 23.5 Å². The lowest BCUT2D eigenvalue weighted by atomic mass is 9.99. The molecule has 0 bridgehead atoms. The van der Waals surface area contributed by atoms with Gasteiger partial charge in [0.15, 0.2) is 0 Å². The summed E-state index contributed by atoms with van der Waals surface area (Å²) in [5.74, 6) is -15.0. The topological polar surface area (TPSA) is 272 Å². The number of halogens is 3. The third-order valence-electron chi connectivity index (χ3n) is 6.22. The maximum absolute atomic E-state index is 13.2. The Morgan fingerprint density at radius 3 is 1.73 bits per heavy atom. The van der Waals surface area contributed by atoms with Crippen LogP contribution >= 0.6 is 0 Å². The molecule has 4 amide bonds. The smallest absolute Gasteiger partial charge is 0.458 e. The minimum absolute atomic E-state index is 0.264. The Bertz CT molecular complexity index is 1390. The molecule has 0 aliphatic carbocycles. The summed E-state index contributed by atoms with van der Waals surface area (Å²) in [6.45, 7) is 2.34. The number of rotatable bonds is 19. The number of aliphatic carboxylic acids is 3. The Kier molecular flexibility index (Phi) is 15.6. The third kappa shape index (κ3) is 14.3. The molecule has 48 heavy (non-hydrogen) atoms. The van der Waals surface area contributed by atoms with E-state index in [-0.39, 0.29) is 6.61 Å². The molecule has 1 aromatic carbocycles. The van der Waals surface area contributed by atoms with E-state index in [9.17, 15) is 61.4 Å². The van der Waals surface area contributed by atoms with E-state index >= 15 is 0 Å². The average molecular weight is 691 g/mol. The fourth-order valence-corrected chi connectivity index (χ4v) is 3.83. The number of Topliss-reactive ketones (excluding diaryl/α,β-unsaturated/α-hetero) is 2. The molecule has 0 heterocycles. The summed E-state index contributed by atoms with van der Waals surface area (Å²) in [6.07, 6.45) is -10.8. The number of carboxylic acid groups (broad SMARTS) is 3. The van der Waals surface area contributed by atoms with Crippen molar-refractivity contribution < 1.29 is 76.4 Å². The summed E-state index contributed by atoms with van der Waals surface area (Å²) >= 11 is 0. The first kappa shape index (κ1) is 40.5. The van der Waals surface area contributed by atoms with Gasteiger partial charge in [-0.2, -0.15) is 13.2 Å². The number of hydrogen-bond acceptors (Lipinski definition) is 10. The minimum Gasteiger partial charge on any atom is -0.481 e. The Labute approximate surface area is 269 Å². The number of carboxylic acids is 3. The number of benzene rings is 1. The van der Waals surface area contributed by atoms with Gasteiger partial charge in [0, 0.05) is 6.42 Å². The van der Waals surface area contributed by atoms with Crippen LogP contribution in [0.3, 0.4) is 0 Å². The van der Waals surface area contributed by atoms with Gasteiger partial charge in [0.25, 0.3) is 0 Å². The number of amides is 4. The number of carbonyl (C=O) groups excluding carboxylic acids is 6. The molecule has 0 saturated heterocycles. The summed E-state index contributed by atoms with van der Waals surface area (Å²) < 4.78 is 43.3. The molecule has 1 rings (SSSR count). The Morgan fingerprint density at radius 2 is 1.23 bits per heavy atom. The zero-order valence-corrected chi connectivity index (χ0v) is 25.4. The first-order valence-corrected chi connectivity index (χ1v) is 13.9. The number of hydrogen-bond donors (Lipinski definition) is 7. The second kappa shape index (κ2) is 18.6. The maximum atomic E-state index is 13.2. The fourth-order valence-electron chi connectivity index (χ4n) is 3.83. The van der Waals surface area contributed by atoms with Crippen LogP contribution in [0.15, 0.2) is 30.3 Å². The van der Waals surface area contributed by atoms with Crippen molar-refractivity contribution >= 4 is 53.3 Å². The molecular weight excluding hydrogens is 657 g/mol. The van der Waals surface area contributed by atoms with E-state index in [1.165, 1.54) is 13.8 Å². The maximum Gasteiger partial charge on any atom is 0.458 e. The molecule has 264 valence electrons. The second-order valence-corrected chi connectivity index (χ2v) is 10.4. The number of carbonyl (C=O) groups is 9. The zero-order chi connectivity index (χ0) is 36.8. The molecule has 20 heteroatoms. The van der Waals surface area contributed by atoms with E-state index in [2.05, 4.69) is 10.6 Å². The molecule has 0 aromatic heterocycles. The van der Waals surface area contributed by atoms with Gasteiger partial charge in [-0.15, -0.1) is 0 Å². The molecule has 4 atom stereocenters. The number of nitrogens with one attached hydrogen (secondary N) is 4. The van der Waals surface area contributed by atoms with Crippen LogP contribution in [0, 0.1) is 5.92 Å². The number of ketones is 2. The summed E-state index contributed by atoms with van der Waals surface area (Å²) in [5.41, 5.74) is 0.548. The number of alkyl carbamates (subject to hydrolysis) is 1. The highest BCUT2D eigenvalue weighted by Crippen LogP contribution is 2.18. The quantitative estimate of drug-likeness (QED) is 0.0936. The zero-order valence-electron chi connectivity index (χ0n) is 25.4. The third-order valence-corrected chi connectivity index (χ3v) is 6.22. The molecule has 0 aliphatic heterocycles. The van der Waals surface area contributed by atoms with Gasteiger partial charge in [-0.3, -0.25) is 38.4 Å². The van der Waals surface area contributed by atoms with Gasteiger partial charge in [-0.05, 0) is 17.9 Å². The van der Waals surface area contributed by atoms with Crippen LogP contribution in [-0.4, -0.2) is 99.0 Å². The van der Waals surface area contributed by atoms with Gasteiger partial charge < -0.3 is 41.3 Å². The molecule has 0 unspecified atom stereocenters. The van der Waals surface area contributed by atoms with E-state index in [1.54, 1.807) is 35.6 Å². The van der Waals surface area contributed by atoms with Gasteiger partial charge in [-0.1, -0.05) is 44.2 Å². The van der Waals surface area contributed by atoms with Crippen molar-refractivity contribution in [3.63, 3.8) is 0 Å². The first-order chi connectivity index (χ1) is 22.2. The highest BCUT2D eigenvalue weighted by molar-refractivity contribution is 6.41. The predicted octanol–water partition coefficient (Wildman–Crippen LogP) is -0.0935. The van der Waals surface area contributed by atoms with Crippen LogP contribution in [-0.2, 0) is 49.7 Å². The second-order valence-electron chi connectivity index (χ2n) is 10.4. The summed E-state index contributed by atoms with van der Waals surface area (Å²) in [6, 6.07) is 0.289. The van der Waals surface area contributed by atoms with Gasteiger partial charge in [-0.25, -0.2) is 4.79 Å². The van der Waals surface area contributed by atoms with E-state index in [4.69, 9.17) is 14.9 Å². The molecule has 1 aromatic rings. The Hall–Kier alpha value is -5.56. The monoisotopic (exact) mass is 690 g/mol. The van der Waals surface area contributed by atoms with Crippen LogP contribution in [0.4, 0.5) is 18.0 Å². The highest BCUT2D eigenvalue weighted by atomic mass is 19.4. The Morgan fingerprint density at radius 1 is 0.708 bits per heavy atom. The van der Waals surface area contributed by atoms with Crippen LogP contribution in [0.25, 0.3) is 0 Å². The lowest BCUT2D eigenvalue weighted by Gasteiger charge is -2.27. The molecule has 0 saturated carbocycles. The molecule has 17 nitrogen and oxygen atoms in total. The van der Waals surface area contributed by atoms with Gasteiger partial charge >= 0.3 is 36.0 Å². The molecule has 7 N–H and O–H groups in total. The number of alkyl halides is 3. The van der Waals surface area contributed by atoms with Crippen molar-refractivity contribution in [3.8, 4) is 0 Å². The summed E-state index contributed by atoms with van der Waals surface area (Å²) in [4.78, 5) is 109. The molecule has 0 radical (unpaired) electrons. The molecule has 0 aliphatic rings. The van der Waals surface area contributed by atoms with Crippen molar-refractivity contribution in [2.24, 2.45) is 5.92 Å². The SMILES string of the molecule is CC(C)[C@H](NC(=O)[C@H](CCC(=O)O)NC(=O)[C@H](CC(=O)O)NC(=O)OCc1ccccc1)C(=O)N[C@@H](CC(=O)O)C(=O)C(=O)C(F)(F)F. The fraction of sp³-hybridized carbons (Fsp3) is 0.464. The standard InChI is InChI=1S/C28H33F3N4O13/c1-13(2)21(26(46)33-16(10-19(38)39)22(42)23(43)28(29,30)31)35-24(44)15(8-9-18(36)37)32-25(45)17(11-20(40)41)34-27(47)48-12-14-6-4-3-5-7-14/h3-7,13,15-17,21H,8-12H2,1-2H3,(H,32,45)(H,33,46)(H,34,47)(H,35,44)(H,36,37)(H,38,39)(H,40,41)/t15-,16-,17-,21-/m0/s1. The predicted molar refractivity (Wildman–Crippen MR) is 152 cm³/mol. The van der Waals surface area contributed by atoms with Crippen molar-refractivity contribution in [2.75, 3.05) is 0 Å². The van der Waals surface area contributed by atoms with Crippen LogP contribution in [0.5, 0.6) is 0 Å². The van der Waals surface area contributed by atoms with Crippen molar-refractivity contribution in [1.82, 2.24) is 21.3 Å². The summed E-state index contributed by atoms with van der Waals surface area (Å²) in [5, 5.41) is 35.2. The van der Waals surface area contributed by atoms with E-state index in [1.807, 2.05) is 5.32 Å². The first-order valence-electron chi connectivity index (χ1n) is 13.9. The van der Waals surface area contributed by atoms with Crippen LogP contribution < -0.4 is 21.3 Å². The van der Waals surface area contributed by atoms with Crippen LogP contribution in [0.2, 0.25) is 0 Å². The van der Waals surface area contributed by atoms with Crippen LogP contribution in [0.1, 0.15) is 45.1 Å². The van der Waals surface area contributed by atoms with Crippen molar-refractivity contribution in [1.29, 1.82) is 0 Å². The van der Waals surface area contributed by atoms with Gasteiger partial charge in [0.05, 0.1) is 12.8 Å². The lowest BCUT2D eigenvalue weighted by molar-refractivity contribution is -0.175. The highest BCUT2D eigenvalue weighted by Gasteiger charge is 2.47. The molecule has 0 spiro atoms. The van der Waals surface area contributed by atoms with E-state index in [0.717, 1.165) is 0 Å². The Balaban J connectivity index is 3.17. The van der Waals surface area contributed by atoms with Crippen molar-refractivity contribution in [2.45, 2.75) is 76.5 Å². The average Bonchev–Trinajstić information content (AvgIpc) is 2.98. The van der Waals surface area contributed by atoms with Gasteiger partial charge in [0.1, 0.15) is 30.8 Å². The molecule has 0 fully saturated rings. The normalized spacial score (nSPS) is 13.5. The van der Waals surface area contributed by atoms with E-state index in [0.29, 0.717) is 5.56 Å². The largest absolute Gasteiger partial charge is 0.481 e. The lowest BCUT2D eigenvalue weighted by Crippen LogP contribution is -2.59. The van der Waals surface area contributed by atoms with Crippen molar-refractivity contribution in [3.05, 3.63) is 35.9 Å². The minimum atomic E-state index is -5.69. The van der Waals surface area contributed by atoms with E-state index < -0.39 is 115 Å². The molecular formula is C28H33F3N4O13. The summed E-state index contributed by atoms with van der Waals surface area (Å²) in [7, 11) is 0.